The monoisotopic (exact) mass is 682 g/mol. The van der Waals surface area contributed by atoms with Crippen molar-refractivity contribution < 1.29 is 119 Å². The zero-order valence-electron chi connectivity index (χ0n) is 17.3. The molecular formula is C14HF27. The largest absolute Gasteiger partial charge is 0.405 e. The molecule has 0 spiro atoms. The van der Waals surface area contributed by atoms with Crippen molar-refractivity contribution in [3.05, 3.63) is 0 Å². The number of hydrogen-bond donors (Lipinski definition) is 0. The molecule has 1 rings (SSSR count). The number of halogens is 27. The molecule has 1 aliphatic carbocycles. The topological polar surface area (TPSA) is 0 Å². The summed E-state index contributed by atoms with van der Waals surface area (Å²) < 4.78 is 373. The van der Waals surface area contributed by atoms with Crippen LogP contribution in [0.25, 0.3) is 0 Å². The summed E-state index contributed by atoms with van der Waals surface area (Å²) in [6, 6.07) is 0. The van der Waals surface area contributed by atoms with Crippen LogP contribution in [0.5, 0.6) is 0 Å². The Hall–Kier alpha value is -1.89. The second-order valence-corrected chi connectivity index (χ2v) is 8.07. The van der Waals surface area contributed by atoms with Crippen molar-refractivity contribution in [1.82, 2.24) is 0 Å². The summed E-state index contributed by atoms with van der Waals surface area (Å²) in [6.45, 7) is 0. The molecule has 246 valence electrons. The lowest BCUT2D eigenvalue weighted by molar-refractivity contribution is -0.546. The van der Waals surface area contributed by atoms with Gasteiger partial charge >= 0.3 is 55.6 Å². The van der Waals surface area contributed by atoms with Gasteiger partial charge in [0.2, 0.25) is 10.8 Å². The van der Waals surface area contributed by atoms with Crippen LogP contribution in [0.4, 0.5) is 119 Å². The first-order chi connectivity index (χ1) is 17.1. The van der Waals surface area contributed by atoms with Crippen molar-refractivity contribution >= 4 is 0 Å². The summed E-state index contributed by atoms with van der Waals surface area (Å²) in [4.78, 5) is 0. The lowest BCUT2D eigenvalue weighted by Gasteiger charge is -2.57. The molecule has 0 radical (unpaired) electrons. The molecule has 0 aromatic rings. The third kappa shape index (κ3) is 3.75. The van der Waals surface area contributed by atoms with Gasteiger partial charge in [0.05, 0.1) is 0 Å². The Labute approximate surface area is 203 Å². The first kappa shape index (κ1) is 37.1. The molecule has 0 aliphatic heterocycles. The van der Waals surface area contributed by atoms with E-state index in [0.717, 1.165) is 0 Å². The summed E-state index contributed by atoms with van der Waals surface area (Å²) in [5, 5.41) is 0. The SMILES string of the molecule is FC(F)(F)C1C(C(F)(F)F)(C(F)(F)F)C(C(F)(F)F)(C(F)(F)F)C(C(F)(F)F)(C(F)(F)F)C1(C(F)(F)F)C(F)(F)F. The first-order valence-electron chi connectivity index (χ1n) is 8.72. The molecular weight excluding hydrogens is 681 g/mol. The Morgan fingerprint density at radius 3 is 0.463 bits per heavy atom. The van der Waals surface area contributed by atoms with E-state index >= 15 is 0 Å². The van der Waals surface area contributed by atoms with Crippen molar-refractivity contribution in [2.75, 3.05) is 0 Å². The lowest BCUT2D eigenvalue weighted by Crippen LogP contribution is -2.81. The van der Waals surface area contributed by atoms with Gasteiger partial charge < -0.3 is 0 Å². The average Bonchev–Trinajstić information content (AvgIpc) is 2.83. The molecule has 27 heteroatoms. The zero-order valence-corrected chi connectivity index (χ0v) is 17.3. The smallest absolute Gasteiger partial charge is 0.171 e. The van der Waals surface area contributed by atoms with Gasteiger partial charge in [-0.25, -0.2) is 0 Å². The van der Waals surface area contributed by atoms with Crippen LogP contribution < -0.4 is 0 Å². The fourth-order valence-corrected chi connectivity index (χ4v) is 5.73. The molecule has 1 aliphatic rings. The molecule has 1 fully saturated rings. The van der Waals surface area contributed by atoms with Gasteiger partial charge in [-0.1, -0.05) is 0 Å². The van der Waals surface area contributed by atoms with Crippen LogP contribution >= 0.6 is 0 Å². The van der Waals surface area contributed by atoms with Crippen molar-refractivity contribution in [3.8, 4) is 0 Å². The number of alkyl halides is 27. The highest BCUT2D eigenvalue weighted by molar-refractivity contribution is 5.39. The molecule has 0 bridgehead atoms. The van der Waals surface area contributed by atoms with Gasteiger partial charge in [-0.05, 0) is 0 Å². The summed E-state index contributed by atoms with van der Waals surface area (Å²) in [5.74, 6) is -8.95. The van der Waals surface area contributed by atoms with E-state index in [-0.39, 0.29) is 0 Å². The predicted octanol–water partition coefficient (Wildman–Crippen LogP) is 9.62. The molecule has 0 amide bonds. The molecule has 0 aromatic carbocycles. The lowest BCUT2D eigenvalue weighted by atomic mass is 9.49. The van der Waals surface area contributed by atoms with Crippen molar-refractivity contribution in [2.45, 2.75) is 55.6 Å². The third-order valence-electron chi connectivity index (χ3n) is 6.43. The van der Waals surface area contributed by atoms with Crippen LogP contribution in [0.2, 0.25) is 0 Å². The highest BCUT2D eigenvalue weighted by atomic mass is 19.5. The highest BCUT2D eigenvalue weighted by Gasteiger charge is 3.19. The van der Waals surface area contributed by atoms with Gasteiger partial charge in [0, 0.05) is 0 Å². The quantitative estimate of drug-likeness (QED) is 0.224. The van der Waals surface area contributed by atoms with Crippen molar-refractivity contribution in [1.29, 1.82) is 0 Å². The molecule has 0 N–H and O–H groups in total. The molecule has 0 nitrogen and oxygen atoms in total. The predicted molar refractivity (Wildman–Crippen MR) is 67.7 cm³/mol. The van der Waals surface area contributed by atoms with Crippen LogP contribution in [0.1, 0.15) is 0 Å². The third-order valence-corrected chi connectivity index (χ3v) is 6.43. The summed E-state index contributed by atoms with van der Waals surface area (Å²) in [6.07, 6.45) is -88.4. The second-order valence-electron chi connectivity index (χ2n) is 8.07. The Kier molecular flexibility index (Phi) is 7.60. The Bertz CT molecular complexity index is 841. The second kappa shape index (κ2) is 8.39. The minimum absolute atomic E-state index is 8.95. The van der Waals surface area contributed by atoms with Crippen LogP contribution in [-0.4, -0.2) is 55.6 Å². The maximum absolute atomic E-state index is 13.9. The molecule has 1 saturated carbocycles. The minimum Gasteiger partial charge on any atom is -0.171 e. The van der Waals surface area contributed by atoms with Crippen LogP contribution in [0, 0.1) is 27.6 Å². The van der Waals surface area contributed by atoms with Gasteiger partial charge in [-0.15, -0.1) is 0 Å². The summed E-state index contributed by atoms with van der Waals surface area (Å²) in [7, 11) is 0. The normalized spacial score (nSPS) is 23.2. The molecule has 0 atom stereocenters. The number of rotatable bonds is 0. The molecule has 0 saturated heterocycles. The summed E-state index contributed by atoms with van der Waals surface area (Å²) >= 11 is 0. The molecule has 0 aromatic heterocycles. The van der Waals surface area contributed by atoms with Gasteiger partial charge in [0.1, 0.15) is 5.92 Å². The van der Waals surface area contributed by atoms with Gasteiger partial charge in [-0.3, -0.25) is 0 Å². The number of hydrogen-bond acceptors (Lipinski definition) is 0. The first-order valence-corrected chi connectivity index (χ1v) is 8.72. The van der Waals surface area contributed by atoms with Gasteiger partial charge in [0.25, 0.3) is 0 Å². The summed E-state index contributed by atoms with van der Waals surface area (Å²) in [5.41, 5.74) is -42.1. The average molecular weight is 682 g/mol. The Morgan fingerprint density at radius 2 is 0.390 bits per heavy atom. The molecule has 0 unspecified atom stereocenters. The fourth-order valence-electron chi connectivity index (χ4n) is 5.73. The van der Waals surface area contributed by atoms with E-state index in [1.807, 2.05) is 0 Å². The van der Waals surface area contributed by atoms with E-state index in [2.05, 4.69) is 0 Å². The van der Waals surface area contributed by atoms with Crippen LogP contribution in [-0.2, 0) is 0 Å². The van der Waals surface area contributed by atoms with E-state index in [0.29, 0.717) is 0 Å². The fraction of sp³-hybridized carbons (Fsp3) is 1.00. The van der Waals surface area contributed by atoms with E-state index in [1.54, 1.807) is 0 Å². The maximum atomic E-state index is 13.9. The maximum Gasteiger partial charge on any atom is 0.405 e. The Balaban J connectivity index is 5.76. The van der Waals surface area contributed by atoms with Crippen LogP contribution in [0.15, 0.2) is 0 Å². The van der Waals surface area contributed by atoms with Crippen molar-refractivity contribution in [3.63, 3.8) is 0 Å². The molecule has 41 heavy (non-hydrogen) atoms. The molecule has 0 heterocycles. The van der Waals surface area contributed by atoms with Crippen molar-refractivity contribution in [2.24, 2.45) is 27.6 Å². The van der Waals surface area contributed by atoms with Gasteiger partial charge in [0.15, 0.2) is 10.8 Å². The Morgan fingerprint density at radius 1 is 0.244 bits per heavy atom. The minimum atomic E-state index is -10.8. The highest BCUT2D eigenvalue weighted by Crippen LogP contribution is 2.96. The van der Waals surface area contributed by atoms with E-state index in [1.165, 1.54) is 0 Å². The standard InChI is InChI=1S/C14HF27/c15-4(16,17)1-2(7(18,19)20,8(21,22)23)5(11(30,31)32,12(33,34)35)6(13(36,37)38,14(39,40)41)3(1,9(24,25)26)10(27,28)29/h1H. The van der Waals surface area contributed by atoms with Gasteiger partial charge in [-0.2, -0.15) is 119 Å². The van der Waals surface area contributed by atoms with E-state index in [9.17, 15) is 119 Å². The van der Waals surface area contributed by atoms with E-state index < -0.39 is 83.2 Å². The van der Waals surface area contributed by atoms with E-state index in [4.69, 9.17) is 0 Å². The van der Waals surface area contributed by atoms with Crippen LogP contribution in [0.3, 0.4) is 0 Å². The zero-order chi connectivity index (χ0) is 34.1.